The zero-order chi connectivity index (χ0) is 31.5. The van der Waals surface area contributed by atoms with Crippen LogP contribution < -0.4 is 0 Å². The van der Waals surface area contributed by atoms with Gasteiger partial charge in [0.25, 0.3) is 0 Å². The topological polar surface area (TPSA) is 60.3 Å². The predicted molar refractivity (Wildman–Crippen MR) is 195 cm³/mol. The van der Waals surface area contributed by atoms with E-state index in [0.717, 1.165) is 72.3 Å². The number of aromatic amines is 3. The van der Waals surface area contributed by atoms with Gasteiger partial charge in [-0.2, -0.15) is 0 Å². The van der Waals surface area contributed by atoms with E-state index in [1.54, 1.807) is 0 Å². The van der Waals surface area contributed by atoms with Crippen molar-refractivity contribution in [2.45, 2.75) is 34.6 Å². The smallest absolute Gasteiger partial charge is 0.0872 e. The SMILES string of the molecule is Cc1ccc(-c2c3nc(c4ccc([nH]4)c(-c4ccc(C)cc4)c4ccc([nH]4)c(-c4c(C)cc(C)cc4C)c4ccc2[nH]4)C=C3)cc1. The average Bonchev–Trinajstić information content (AvgIpc) is 3.85. The summed E-state index contributed by atoms with van der Waals surface area (Å²) in [5.74, 6) is 0. The number of aromatic nitrogens is 4. The molecule has 0 saturated heterocycles. The molecule has 0 unspecified atom stereocenters. The van der Waals surface area contributed by atoms with Gasteiger partial charge in [-0.3, -0.25) is 0 Å². The van der Waals surface area contributed by atoms with Crippen molar-refractivity contribution in [3.05, 3.63) is 136 Å². The molecule has 0 amide bonds. The fourth-order valence-corrected chi connectivity index (χ4v) is 7.04. The summed E-state index contributed by atoms with van der Waals surface area (Å²) >= 11 is 0. The van der Waals surface area contributed by atoms with Crippen molar-refractivity contribution in [3.8, 4) is 33.4 Å². The van der Waals surface area contributed by atoms with Crippen LogP contribution in [-0.2, 0) is 0 Å². The van der Waals surface area contributed by atoms with Crippen molar-refractivity contribution in [1.29, 1.82) is 0 Å². The molecule has 224 valence electrons. The molecule has 3 N–H and O–H groups in total. The first-order chi connectivity index (χ1) is 22.3. The molecule has 0 spiro atoms. The highest BCUT2D eigenvalue weighted by Crippen LogP contribution is 2.38. The number of hydrogen-bond donors (Lipinski definition) is 3. The van der Waals surface area contributed by atoms with Crippen molar-refractivity contribution in [2.75, 3.05) is 0 Å². The van der Waals surface area contributed by atoms with Crippen LogP contribution in [0.25, 0.3) is 78.6 Å². The van der Waals surface area contributed by atoms with Crippen LogP contribution in [0.4, 0.5) is 0 Å². The number of aryl methyl sites for hydroxylation is 5. The maximum absolute atomic E-state index is 5.21. The van der Waals surface area contributed by atoms with Gasteiger partial charge in [0.05, 0.1) is 16.9 Å². The van der Waals surface area contributed by atoms with E-state index in [2.05, 4.69) is 159 Å². The summed E-state index contributed by atoms with van der Waals surface area (Å²) in [6.07, 6.45) is 4.25. The summed E-state index contributed by atoms with van der Waals surface area (Å²) in [6.45, 7) is 10.9. The Hall–Kier alpha value is -5.61. The largest absolute Gasteiger partial charge is 0.354 e. The molecular weight excluding hydrogens is 560 g/mol. The number of nitrogens with zero attached hydrogens (tertiary/aromatic N) is 1. The molecule has 1 aliphatic heterocycles. The van der Waals surface area contributed by atoms with Crippen molar-refractivity contribution in [2.24, 2.45) is 0 Å². The zero-order valence-electron chi connectivity index (χ0n) is 26.8. The number of rotatable bonds is 3. The molecule has 7 aromatic rings. The van der Waals surface area contributed by atoms with Crippen LogP contribution in [0.2, 0.25) is 0 Å². The highest BCUT2D eigenvalue weighted by atomic mass is 14.8. The molecule has 0 atom stereocenters. The van der Waals surface area contributed by atoms with Crippen LogP contribution in [-0.4, -0.2) is 19.9 Å². The molecule has 4 aromatic heterocycles. The number of H-pyrrole nitrogens is 3. The van der Waals surface area contributed by atoms with Crippen LogP contribution in [0.15, 0.2) is 97.1 Å². The van der Waals surface area contributed by atoms with Gasteiger partial charge in [-0.25, -0.2) is 4.98 Å². The third-order valence-electron chi connectivity index (χ3n) is 9.18. The van der Waals surface area contributed by atoms with E-state index in [9.17, 15) is 0 Å². The molecule has 0 fully saturated rings. The highest BCUT2D eigenvalue weighted by molar-refractivity contribution is 6.01. The highest BCUT2D eigenvalue weighted by Gasteiger charge is 2.17. The molecule has 4 heteroatoms. The number of hydrogen-bond acceptors (Lipinski definition) is 1. The van der Waals surface area contributed by atoms with Crippen molar-refractivity contribution >= 4 is 45.3 Å². The maximum Gasteiger partial charge on any atom is 0.0872 e. The molecule has 5 heterocycles. The van der Waals surface area contributed by atoms with Crippen LogP contribution in [0.5, 0.6) is 0 Å². The predicted octanol–water partition coefficient (Wildman–Crippen LogP) is 11.2. The molecule has 4 nitrogen and oxygen atoms in total. The second-order valence-electron chi connectivity index (χ2n) is 12.7. The van der Waals surface area contributed by atoms with E-state index < -0.39 is 0 Å². The van der Waals surface area contributed by atoms with Crippen LogP contribution in [0.3, 0.4) is 0 Å². The Kier molecular flexibility index (Phi) is 6.54. The van der Waals surface area contributed by atoms with E-state index in [4.69, 9.17) is 4.98 Å². The number of nitrogens with one attached hydrogen (secondary N) is 3. The van der Waals surface area contributed by atoms with E-state index in [-0.39, 0.29) is 0 Å². The molecule has 46 heavy (non-hydrogen) atoms. The fraction of sp³-hybridized carbons (Fsp3) is 0.119. The Morgan fingerprint density at radius 2 is 0.783 bits per heavy atom. The Labute approximate surface area is 268 Å². The molecule has 8 rings (SSSR count). The minimum atomic E-state index is 0.918. The van der Waals surface area contributed by atoms with Crippen LogP contribution >= 0.6 is 0 Å². The molecule has 8 bridgehead atoms. The molecule has 0 saturated carbocycles. The third kappa shape index (κ3) is 4.74. The summed E-state index contributed by atoms with van der Waals surface area (Å²) in [5, 5.41) is 0. The van der Waals surface area contributed by atoms with E-state index in [1.165, 1.54) is 33.4 Å². The first kappa shape index (κ1) is 27.9. The number of benzene rings is 3. The second-order valence-corrected chi connectivity index (χ2v) is 12.7. The first-order valence-corrected chi connectivity index (χ1v) is 15.9. The zero-order valence-corrected chi connectivity index (χ0v) is 26.8. The average molecular weight is 597 g/mol. The minimum absolute atomic E-state index is 0.918. The summed E-state index contributed by atoms with van der Waals surface area (Å²) < 4.78 is 0. The van der Waals surface area contributed by atoms with Gasteiger partial charge in [-0.05, 0) is 111 Å². The van der Waals surface area contributed by atoms with Gasteiger partial charge in [0, 0.05) is 44.3 Å². The maximum atomic E-state index is 5.21. The Morgan fingerprint density at radius 1 is 0.370 bits per heavy atom. The lowest BCUT2D eigenvalue weighted by Crippen LogP contribution is -1.92. The second kappa shape index (κ2) is 10.8. The van der Waals surface area contributed by atoms with Gasteiger partial charge < -0.3 is 15.0 Å². The monoisotopic (exact) mass is 596 g/mol. The van der Waals surface area contributed by atoms with Crippen molar-refractivity contribution in [1.82, 2.24) is 19.9 Å². The Bertz CT molecular complexity index is 2420. The Morgan fingerprint density at radius 3 is 1.33 bits per heavy atom. The summed E-state index contributed by atoms with van der Waals surface area (Å²) in [6, 6.07) is 35.2. The molecule has 3 aromatic carbocycles. The van der Waals surface area contributed by atoms with Crippen LogP contribution in [0.1, 0.15) is 39.2 Å². The van der Waals surface area contributed by atoms with E-state index in [0.29, 0.717) is 0 Å². The Balaban J connectivity index is 1.57. The van der Waals surface area contributed by atoms with Crippen LogP contribution in [0, 0.1) is 34.6 Å². The van der Waals surface area contributed by atoms with Crippen molar-refractivity contribution in [3.63, 3.8) is 0 Å². The lowest BCUT2D eigenvalue weighted by Gasteiger charge is -2.12. The van der Waals surface area contributed by atoms with Gasteiger partial charge in [0.2, 0.25) is 0 Å². The fourth-order valence-electron chi connectivity index (χ4n) is 7.04. The van der Waals surface area contributed by atoms with Crippen molar-refractivity contribution < 1.29 is 0 Å². The normalized spacial score (nSPS) is 11.9. The minimum Gasteiger partial charge on any atom is -0.354 e. The van der Waals surface area contributed by atoms with Gasteiger partial charge in [-0.15, -0.1) is 0 Å². The molecule has 1 aliphatic rings. The standard InChI is InChI=1S/C42H36N4/c1-24-6-10-29(11-7-24)40-33-16-14-31(43-33)32-15-17-34(44-32)41(30-12-8-25(2)9-13-30)36-19-21-38(46-36)42(37-20-18-35(40)45-37)39-27(4)22-26(3)23-28(39)5/h6-23,43,45-46H,1-5H3. The van der Waals surface area contributed by atoms with E-state index in [1.807, 2.05) is 0 Å². The van der Waals surface area contributed by atoms with Gasteiger partial charge in [0.15, 0.2) is 0 Å². The van der Waals surface area contributed by atoms with Gasteiger partial charge >= 0.3 is 0 Å². The summed E-state index contributed by atoms with van der Waals surface area (Å²) in [5.41, 5.74) is 21.2. The molecular formula is C42H36N4. The molecule has 0 aliphatic carbocycles. The summed E-state index contributed by atoms with van der Waals surface area (Å²) in [4.78, 5) is 16.7. The lowest BCUT2D eigenvalue weighted by atomic mass is 9.93. The lowest BCUT2D eigenvalue weighted by molar-refractivity contribution is 1.32. The molecule has 0 radical (unpaired) electrons. The van der Waals surface area contributed by atoms with E-state index >= 15 is 0 Å². The van der Waals surface area contributed by atoms with Gasteiger partial charge in [0.1, 0.15) is 0 Å². The first-order valence-electron chi connectivity index (χ1n) is 15.9. The van der Waals surface area contributed by atoms with Gasteiger partial charge in [-0.1, -0.05) is 77.4 Å². The third-order valence-corrected chi connectivity index (χ3v) is 9.18. The summed E-state index contributed by atoms with van der Waals surface area (Å²) in [7, 11) is 0. The quantitative estimate of drug-likeness (QED) is 0.187. The number of fused-ring (bicyclic) bond motifs is 9.